The van der Waals surface area contributed by atoms with Crippen LogP contribution in [0.4, 0.5) is 5.82 Å². The minimum Gasteiger partial charge on any atom is -0.371 e. The van der Waals surface area contributed by atoms with Gasteiger partial charge in [0.1, 0.15) is 5.82 Å². The number of rotatable bonds is 5. The highest BCUT2D eigenvalue weighted by atomic mass is 16.5. The Labute approximate surface area is 141 Å². The van der Waals surface area contributed by atoms with Crippen molar-refractivity contribution in [1.82, 2.24) is 24.5 Å². The molecule has 0 radical (unpaired) electrons. The number of carbonyl (C=O) groups excluding carboxylic acids is 1. The molecule has 1 fully saturated rings. The van der Waals surface area contributed by atoms with Crippen molar-refractivity contribution in [3.05, 3.63) is 29.7 Å². The van der Waals surface area contributed by atoms with Crippen LogP contribution in [0.1, 0.15) is 24.3 Å². The zero-order valence-corrected chi connectivity index (χ0v) is 14.4. The summed E-state index contributed by atoms with van der Waals surface area (Å²) in [5, 5.41) is 11.4. The summed E-state index contributed by atoms with van der Waals surface area (Å²) in [6.45, 7) is 7.17. The van der Waals surface area contributed by atoms with Gasteiger partial charge < -0.3 is 10.1 Å². The Balaban J connectivity index is 1.56. The van der Waals surface area contributed by atoms with Crippen LogP contribution in [0.25, 0.3) is 0 Å². The van der Waals surface area contributed by atoms with Crippen molar-refractivity contribution in [2.24, 2.45) is 7.05 Å². The van der Waals surface area contributed by atoms with Crippen molar-refractivity contribution in [2.45, 2.75) is 26.5 Å². The Hall–Kier alpha value is -2.19. The average Bonchev–Trinajstić information content (AvgIpc) is 3.14. The summed E-state index contributed by atoms with van der Waals surface area (Å²) in [6.07, 6.45) is 3.81. The number of ether oxygens (including phenoxy) is 1. The standard InChI is InChI=1S/C16H24N6O2/c1-4-22-9-13(8-17-22)14-10-21(5-6-24-14)11-16(23)18-15-7-12(2)19-20(15)3/h7-9,14H,4-6,10-11H2,1-3H3,(H,18,23)/t14-/m1/s1. The Kier molecular flexibility index (Phi) is 4.96. The number of anilines is 1. The predicted molar refractivity (Wildman–Crippen MR) is 89.6 cm³/mol. The van der Waals surface area contributed by atoms with E-state index in [9.17, 15) is 4.79 Å². The number of aryl methyl sites for hydroxylation is 3. The molecule has 0 aliphatic carbocycles. The van der Waals surface area contributed by atoms with Gasteiger partial charge in [-0.05, 0) is 13.8 Å². The van der Waals surface area contributed by atoms with Crippen LogP contribution in [-0.2, 0) is 23.1 Å². The molecular weight excluding hydrogens is 308 g/mol. The highest BCUT2D eigenvalue weighted by Gasteiger charge is 2.24. The van der Waals surface area contributed by atoms with Gasteiger partial charge >= 0.3 is 0 Å². The van der Waals surface area contributed by atoms with E-state index in [0.29, 0.717) is 25.5 Å². The van der Waals surface area contributed by atoms with Crippen molar-refractivity contribution in [3.63, 3.8) is 0 Å². The van der Waals surface area contributed by atoms with E-state index in [0.717, 1.165) is 24.3 Å². The fourth-order valence-electron chi connectivity index (χ4n) is 2.88. The van der Waals surface area contributed by atoms with Crippen LogP contribution in [0.5, 0.6) is 0 Å². The van der Waals surface area contributed by atoms with E-state index in [2.05, 4.69) is 27.3 Å². The third-order valence-corrected chi connectivity index (χ3v) is 4.14. The number of morpholine rings is 1. The molecule has 1 amide bonds. The first-order valence-electron chi connectivity index (χ1n) is 8.22. The molecule has 8 nitrogen and oxygen atoms in total. The van der Waals surface area contributed by atoms with Gasteiger partial charge in [0, 0.05) is 44.5 Å². The first-order valence-corrected chi connectivity index (χ1v) is 8.22. The van der Waals surface area contributed by atoms with Gasteiger partial charge in [0.05, 0.1) is 31.1 Å². The number of nitrogens with one attached hydrogen (secondary N) is 1. The Morgan fingerprint density at radius 3 is 3.00 bits per heavy atom. The topological polar surface area (TPSA) is 77.2 Å². The van der Waals surface area contributed by atoms with Gasteiger partial charge in [-0.3, -0.25) is 19.1 Å². The second kappa shape index (κ2) is 7.14. The second-order valence-corrected chi connectivity index (χ2v) is 6.07. The van der Waals surface area contributed by atoms with Crippen molar-refractivity contribution in [1.29, 1.82) is 0 Å². The molecule has 1 atom stereocenters. The lowest BCUT2D eigenvalue weighted by atomic mass is 10.1. The number of carbonyl (C=O) groups is 1. The number of nitrogens with zero attached hydrogens (tertiary/aromatic N) is 5. The Bertz CT molecular complexity index is 707. The van der Waals surface area contributed by atoms with E-state index in [1.165, 1.54) is 0 Å². The molecule has 8 heteroatoms. The molecule has 0 bridgehead atoms. The first-order chi connectivity index (χ1) is 11.5. The molecule has 0 aromatic carbocycles. The highest BCUT2D eigenvalue weighted by molar-refractivity contribution is 5.91. The number of hydrogen-bond donors (Lipinski definition) is 1. The summed E-state index contributed by atoms with van der Waals surface area (Å²) in [6, 6.07) is 1.86. The minimum atomic E-state index is -0.0390. The van der Waals surface area contributed by atoms with Crippen LogP contribution >= 0.6 is 0 Å². The van der Waals surface area contributed by atoms with E-state index in [1.54, 1.807) is 4.68 Å². The molecule has 0 saturated carbocycles. The average molecular weight is 332 g/mol. The molecule has 2 aromatic heterocycles. The van der Waals surface area contributed by atoms with Crippen LogP contribution in [0.15, 0.2) is 18.5 Å². The summed E-state index contributed by atoms with van der Waals surface area (Å²) >= 11 is 0. The maximum Gasteiger partial charge on any atom is 0.239 e. The van der Waals surface area contributed by atoms with E-state index in [4.69, 9.17) is 4.74 Å². The third-order valence-electron chi connectivity index (χ3n) is 4.14. The van der Waals surface area contributed by atoms with E-state index in [-0.39, 0.29) is 12.0 Å². The predicted octanol–water partition coefficient (Wildman–Crippen LogP) is 0.957. The fraction of sp³-hybridized carbons (Fsp3) is 0.562. The Morgan fingerprint density at radius 2 is 2.33 bits per heavy atom. The number of amides is 1. The van der Waals surface area contributed by atoms with E-state index in [1.807, 2.05) is 37.1 Å². The van der Waals surface area contributed by atoms with Crippen LogP contribution in [0.3, 0.4) is 0 Å². The molecule has 3 rings (SSSR count). The SMILES string of the molecule is CCn1cc([C@H]2CN(CC(=O)Nc3cc(C)nn3C)CCO2)cn1. The van der Waals surface area contributed by atoms with Crippen molar-refractivity contribution in [2.75, 3.05) is 31.6 Å². The van der Waals surface area contributed by atoms with Crippen LogP contribution < -0.4 is 5.32 Å². The van der Waals surface area contributed by atoms with E-state index >= 15 is 0 Å². The molecule has 130 valence electrons. The van der Waals surface area contributed by atoms with Gasteiger partial charge in [0.25, 0.3) is 0 Å². The Morgan fingerprint density at radius 1 is 1.50 bits per heavy atom. The van der Waals surface area contributed by atoms with Crippen LogP contribution in [-0.4, -0.2) is 56.6 Å². The molecular formula is C16H24N6O2. The molecule has 1 aliphatic rings. The first kappa shape index (κ1) is 16.7. The van der Waals surface area contributed by atoms with Gasteiger partial charge in [0.2, 0.25) is 5.91 Å². The maximum absolute atomic E-state index is 12.3. The number of hydrogen-bond acceptors (Lipinski definition) is 5. The molecule has 1 aliphatic heterocycles. The van der Waals surface area contributed by atoms with Gasteiger partial charge in [-0.1, -0.05) is 0 Å². The van der Waals surface area contributed by atoms with Crippen molar-refractivity contribution >= 4 is 11.7 Å². The van der Waals surface area contributed by atoms with Gasteiger partial charge in [-0.25, -0.2) is 0 Å². The smallest absolute Gasteiger partial charge is 0.239 e. The third kappa shape index (κ3) is 3.82. The lowest BCUT2D eigenvalue weighted by Crippen LogP contribution is -2.42. The van der Waals surface area contributed by atoms with Gasteiger partial charge in [0.15, 0.2) is 0 Å². The summed E-state index contributed by atoms with van der Waals surface area (Å²) in [4.78, 5) is 14.4. The molecule has 3 heterocycles. The fourth-order valence-corrected chi connectivity index (χ4v) is 2.88. The van der Waals surface area contributed by atoms with Crippen LogP contribution in [0.2, 0.25) is 0 Å². The largest absolute Gasteiger partial charge is 0.371 e. The number of aromatic nitrogens is 4. The lowest BCUT2D eigenvalue weighted by Gasteiger charge is -2.31. The monoisotopic (exact) mass is 332 g/mol. The van der Waals surface area contributed by atoms with Gasteiger partial charge in [-0.15, -0.1) is 0 Å². The molecule has 24 heavy (non-hydrogen) atoms. The normalized spacial score (nSPS) is 18.7. The summed E-state index contributed by atoms with van der Waals surface area (Å²) < 4.78 is 9.39. The molecule has 2 aromatic rings. The zero-order chi connectivity index (χ0) is 17.1. The van der Waals surface area contributed by atoms with Crippen molar-refractivity contribution in [3.8, 4) is 0 Å². The molecule has 1 N–H and O–H groups in total. The lowest BCUT2D eigenvalue weighted by molar-refractivity contribution is -0.119. The van der Waals surface area contributed by atoms with E-state index < -0.39 is 0 Å². The highest BCUT2D eigenvalue weighted by Crippen LogP contribution is 2.21. The minimum absolute atomic E-state index is 0.0363. The van der Waals surface area contributed by atoms with Crippen molar-refractivity contribution < 1.29 is 9.53 Å². The summed E-state index contributed by atoms with van der Waals surface area (Å²) in [5.74, 6) is 0.675. The molecule has 1 saturated heterocycles. The quantitative estimate of drug-likeness (QED) is 0.882. The summed E-state index contributed by atoms with van der Waals surface area (Å²) in [5.41, 5.74) is 1.94. The summed E-state index contributed by atoms with van der Waals surface area (Å²) in [7, 11) is 1.82. The maximum atomic E-state index is 12.3. The zero-order valence-electron chi connectivity index (χ0n) is 14.4. The molecule has 0 unspecified atom stereocenters. The second-order valence-electron chi connectivity index (χ2n) is 6.07. The van der Waals surface area contributed by atoms with Crippen LogP contribution in [0, 0.1) is 6.92 Å². The molecule has 0 spiro atoms. The van der Waals surface area contributed by atoms with Gasteiger partial charge in [-0.2, -0.15) is 10.2 Å².